The summed E-state index contributed by atoms with van der Waals surface area (Å²) in [5.74, 6) is 3.60. The lowest BCUT2D eigenvalue weighted by molar-refractivity contribution is -0.136. The largest absolute Gasteiger partial charge is 0.382 e. The van der Waals surface area contributed by atoms with Crippen molar-refractivity contribution < 1.29 is 28.8 Å². The first-order valence-corrected chi connectivity index (χ1v) is 17.7. The normalized spacial score (nSPS) is 19.2. The molecule has 1 aliphatic carbocycles. The van der Waals surface area contributed by atoms with E-state index in [9.17, 15) is 28.8 Å². The summed E-state index contributed by atoms with van der Waals surface area (Å²) in [6.07, 6.45) is 5.95. The highest BCUT2D eigenvalue weighted by molar-refractivity contribution is 6.29. The smallest absolute Gasteiger partial charge is 0.323 e. The lowest BCUT2D eigenvalue weighted by atomic mass is 9.90. The van der Waals surface area contributed by atoms with E-state index in [4.69, 9.17) is 11.6 Å². The molecule has 0 radical (unpaired) electrons. The highest BCUT2D eigenvalue weighted by Crippen LogP contribution is 2.34. The first kappa shape index (κ1) is 35.8. The second kappa shape index (κ2) is 15.6. The molecule has 54 heavy (non-hydrogen) atoms. The highest BCUT2D eigenvalue weighted by atomic mass is 35.5. The number of nitrogens with one attached hydrogen (secondary N) is 5. The Kier molecular flexibility index (Phi) is 10.3. The second-order valence-electron chi connectivity index (χ2n) is 13.0. The van der Waals surface area contributed by atoms with Gasteiger partial charge in [0.05, 0.1) is 11.1 Å². The van der Waals surface area contributed by atoms with E-state index < -0.39 is 35.7 Å². The molecule has 4 heterocycles. The molecule has 0 bridgehead atoms. The number of carbonyl (C=O) groups is 6. The van der Waals surface area contributed by atoms with Gasteiger partial charge in [0.25, 0.3) is 17.7 Å². The standard InChI is InChI=1S/C39H33ClN8O6/c40-32-21-28(16-18-42-32)46-39(54)45-27-15-17-41-26(20-27)8-7-22-3-1-4-23(19-22)35(50)44-25-11-9-24(10-12-25)43-30-6-2-5-29-34(30)38(53)48(37(29)52)31-13-14-33(49)47-36(31)51/h1-6,15-21,24-25,31,43H,9-14H2,(H,44,50)(H,47,49,51)(H2,41,42,45,46,54)/t24-,25+,31?. The Hall–Kier alpha value is -6.59. The molecule has 15 heteroatoms. The molecular formula is C39H33ClN8O6. The third-order valence-electron chi connectivity index (χ3n) is 9.35. The zero-order valence-corrected chi connectivity index (χ0v) is 29.4. The van der Waals surface area contributed by atoms with Crippen LogP contribution >= 0.6 is 11.6 Å². The van der Waals surface area contributed by atoms with Crippen LogP contribution in [0.25, 0.3) is 0 Å². The minimum absolute atomic E-state index is 0.00647. The molecule has 272 valence electrons. The van der Waals surface area contributed by atoms with E-state index >= 15 is 0 Å². The van der Waals surface area contributed by atoms with E-state index in [1.807, 2.05) is 0 Å². The van der Waals surface area contributed by atoms with Gasteiger partial charge in [0.15, 0.2) is 0 Å². The van der Waals surface area contributed by atoms with Crippen molar-refractivity contribution in [2.24, 2.45) is 0 Å². The number of hydrogen-bond acceptors (Lipinski definition) is 9. The molecule has 5 N–H and O–H groups in total. The summed E-state index contributed by atoms with van der Waals surface area (Å²) < 4.78 is 0. The van der Waals surface area contributed by atoms with Gasteiger partial charge in [0.2, 0.25) is 11.8 Å². The van der Waals surface area contributed by atoms with Crippen molar-refractivity contribution in [1.29, 1.82) is 0 Å². The molecule has 1 atom stereocenters. The number of imide groups is 2. The summed E-state index contributed by atoms with van der Waals surface area (Å²) in [6.45, 7) is 0. The molecule has 0 spiro atoms. The quantitative estimate of drug-likeness (QED) is 0.101. The number of amides is 7. The Bertz CT molecular complexity index is 2260. The van der Waals surface area contributed by atoms with Gasteiger partial charge >= 0.3 is 6.03 Å². The summed E-state index contributed by atoms with van der Waals surface area (Å²) in [4.78, 5) is 85.5. The van der Waals surface area contributed by atoms with Gasteiger partial charge in [0.1, 0.15) is 16.9 Å². The van der Waals surface area contributed by atoms with Gasteiger partial charge in [0, 0.05) is 59.1 Å². The molecule has 2 aromatic heterocycles. The number of halogens is 1. The molecule has 7 amide bonds. The molecule has 2 aromatic carbocycles. The van der Waals surface area contributed by atoms with Crippen LogP contribution in [0, 0.1) is 11.8 Å². The fraction of sp³-hybridized carbons (Fsp3) is 0.231. The Balaban J connectivity index is 0.921. The van der Waals surface area contributed by atoms with Crippen molar-refractivity contribution in [3.8, 4) is 11.8 Å². The number of carbonyl (C=O) groups excluding carboxylic acids is 6. The number of rotatable bonds is 7. The fourth-order valence-corrected chi connectivity index (χ4v) is 6.90. The van der Waals surface area contributed by atoms with Crippen molar-refractivity contribution in [1.82, 2.24) is 25.5 Å². The average Bonchev–Trinajstić information content (AvgIpc) is 3.41. The van der Waals surface area contributed by atoms with Crippen molar-refractivity contribution in [2.75, 3.05) is 16.0 Å². The van der Waals surface area contributed by atoms with Gasteiger partial charge in [-0.1, -0.05) is 29.7 Å². The molecular weight excluding hydrogens is 712 g/mol. The van der Waals surface area contributed by atoms with Crippen LogP contribution in [-0.4, -0.2) is 68.6 Å². The molecule has 7 rings (SSSR count). The molecule has 1 saturated carbocycles. The average molecular weight is 745 g/mol. The number of nitrogens with zero attached hydrogens (tertiary/aromatic N) is 3. The minimum atomic E-state index is -1.03. The zero-order chi connectivity index (χ0) is 37.8. The van der Waals surface area contributed by atoms with Crippen molar-refractivity contribution in [3.63, 3.8) is 0 Å². The predicted molar refractivity (Wildman–Crippen MR) is 199 cm³/mol. The summed E-state index contributed by atoms with van der Waals surface area (Å²) in [7, 11) is 0. The number of benzene rings is 2. The lowest BCUT2D eigenvalue weighted by Crippen LogP contribution is -2.54. The highest BCUT2D eigenvalue weighted by Gasteiger charge is 2.45. The van der Waals surface area contributed by atoms with Crippen molar-refractivity contribution in [3.05, 3.63) is 112 Å². The topological polar surface area (TPSA) is 192 Å². The molecule has 2 fully saturated rings. The Morgan fingerprint density at radius 1 is 0.796 bits per heavy atom. The summed E-state index contributed by atoms with van der Waals surface area (Å²) in [5.41, 5.74) is 3.42. The van der Waals surface area contributed by atoms with Gasteiger partial charge < -0.3 is 21.3 Å². The lowest BCUT2D eigenvalue weighted by Gasteiger charge is -2.31. The van der Waals surface area contributed by atoms with E-state index in [0.717, 1.165) is 4.90 Å². The fourth-order valence-electron chi connectivity index (χ4n) is 6.73. The Labute approximate surface area is 314 Å². The predicted octanol–water partition coefficient (Wildman–Crippen LogP) is 4.73. The van der Waals surface area contributed by atoms with Crippen LogP contribution < -0.4 is 26.6 Å². The minimum Gasteiger partial charge on any atom is -0.382 e. The maximum Gasteiger partial charge on any atom is 0.323 e. The van der Waals surface area contributed by atoms with Gasteiger partial charge in [-0.15, -0.1) is 0 Å². The van der Waals surface area contributed by atoms with Gasteiger partial charge in [-0.05, 0) is 92.6 Å². The van der Waals surface area contributed by atoms with Gasteiger partial charge in [-0.25, -0.2) is 14.8 Å². The molecule has 4 aromatic rings. The summed E-state index contributed by atoms with van der Waals surface area (Å²) in [5, 5.41) is 14.4. The number of hydrogen-bond donors (Lipinski definition) is 5. The molecule has 3 aliphatic rings. The molecule has 14 nitrogen and oxygen atoms in total. The van der Waals surface area contributed by atoms with Crippen LogP contribution in [0.3, 0.4) is 0 Å². The van der Waals surface area contributed by atoms with E-state index in [1.54, 1.807) is 60.7 Å². The molecule has 1 saturated heterocycles. The van der Waals surface area contributed by atoms with Crippen LogP contribution in [0.4, 0.5) is 21.9 Å². The Morgan fingerprint density at radius 3 is 2.28 bits per heavy atom. The van der Waals surface area contributed by atoms with E-state index in [2.05, 4.69) is 48.4 Å². The first-order chi connectivity index (χ1) is 26.1. The molecule has 1 unspecified atom stereocenters. The number of fused-ring (bicyclic) bond motifs is 1. The van der Waals surface area contributed by atoms with E-state index in [-0.39, 0.29) is 47.1 Å². The number of aromatic nitrogens is 2. The maximum absolute atomic E-state index is 13.5. The third kappa shape index (κ3) is 8.06. The van der Waals surface area contributed by atoms with Gasteiger partial charge in [-0.3, -0.25) is 34.2 Å². The summed E-state index contributed by atoms with van der Waals surface area (Å²) in [6, 6.07) is 16.8. The number of pyridine rings is 2. The van der Waals surface area contributed by atoms with Gasteiger partial charge in [-0.2, -0.15) is 0 Å². The summed E-state index contributed by atoms with van der Waals surface area (Å²) >= 11 is 5.88. The Morgan fingerprint density at radius 2 is 1.52 bits per heavy atom. The number of anilines is 3. The first-order valence-electron chi connectivity index (χ1n) is 17.3. The van der Waals surface area contributed by atoms with E-state index in [0.29, 0.717) is 59.6 Å². The maximum atomic E-state index is 13.5. The van der Waals surface area contributed by atoms with Crippen molar-refractivity contribution >= 4 is 64.2 Å². The van der Waals surface area contributed by atoms with Crippen molar-refractivity contribution in [2.45, 2.75) is 56.7 Å². The number of urea groups is 1. The van der Waals surface area contributed by atoms with Crippen LogP contribution in [-0.2, 0) is 9.59 Å². The SMILES string of the molecule is O=C1CCC(N2C(=O)c3cccc(N[C@H]4CC[C@@H](NC(=O)c5cccc(C#Cc6cc(NC(=O)Nc7ccnc(Cl)c7)ccn6)c5)CC4)c3C2=O)C(=O)N1. The number of piperidine rings is 1. The second-order valence-corrected chi connectivity index (χ2v) is 13.4. The van der Waals surface area contributed by atoms with Crippen LogP contribution in [0.2, 0.25) is 5.15 Å². The molecule has 2 aliphatic heterocycles. The van der Waals surface area contributed by atoms with Crippen LogP contribution in [0.15, 0.2) is 79.1 Å². The van der Waals surface area contributed by atoms with E-state index in [1.165, 1.54) is 18.5 Å². The van der Waals surface area contributed by atoms with Crippen LogP contribution in [0.5, 0.6) is 0 Å². The van der Waals surface area contributed by atoms with Crippen LogP contribution in [0.1, 0.15) is 80.9 Å². The third-order valence-corrected chi connectivity index (χ3v) is 9.56. The monoisotopic (exact) mass is 744 g/mol. The zero-order valence-electron chi connectivity index (χ0n) is 28.6.